The Bertz CT molecular complexity index is 1090. The van der Waals surface area contributed by atoms with Gasteiger partial charge in [0.05, 0.1) is 12.1 Å². The summed E-state index contributed by atoms with van der Waals surface area (Å²) in [6.07, 6.45) is 0. The van der Waals surface area contributed by atoms with E-state index in [0.29, 0.717) is 13.2 Å². The average molecular weight is 451 g/mol. The van der Waals surface area contributed by atoms with Gasteiger partial charge in [-0.05, 0) is 46.5 Å². The van der Waals surface area contributed by atoms with E-state index in [1.807, 2.05) is 48.5 Å². The molecule has 0 aliphatic carbocycles. The van der Waals surface area contributed by atoms with Crippen LogP contribution in [0, 0.1) is 0 Å². The molecule has 0 radical (unpaired) electrons. The van der Waals surface area contributed by atoms with Crippen LogP contribution < -0.4 is 20.1 Å². The zero-order valence-corrected chi connectivity index (χ0v) is 19.2. The highest BCUT2D eigenvalue weighted by Gasteiger charge is 2.27. The van der Waals surface area contributed by atoms with Crippen LogP contribution in [0.15, 0.2) is 109 Å². The van der Waals surface area contributed by atoms with Crippen molar-refractivity contribution < 1.29 is 9.47 Å². The minimum atomic E-state index is 0.137. The molecule has 4 heteroatoms. The molecule has 34 heavy (non-hydrogen) atoms. The van der Waals surface area contributed by atoms with Crippen molar-refractivity contribution >= 4 is 0 Å². The monoisotopic (exact) mass is 450 g/mol. The third-order valence-electron chi connectivity index (χ3n) is 6.12. The molecule has 0 aromatic heterocycles. The third kappa shape index (κ3) is 5.66. The highest BCUT2D eigenvalue weighted by Crippen LogP contribution is 2.33. The second kappa shape index (κ2) is 11.0. The maximum absolute atomic E-state index is 6.09. The molecule has 4 aromatic carbocycles. The van der Waals surface area contributed by atoms with Crippen molar-refractivity contribution in [2.75, 3.05) is 13.1 Å². The van der Waals surface area contributed by atoms with Gasteiger partial charge in [-0.15, -0.1) is 0 Å². The summed E-state index contributed by atoms with van der Waals surface area (Å²) < 4.78 is 12.2. The fourth-order valence-electron chi connectivity index (χ4n) is 4.39. The molecule has 1 heterocycles. The van der Waals surface area contributed by atoms with E-state index < -0.39 is 0 Å². The summed E-state index contributed by atoms with van der Waals surface area (Å²) in [5, 5.41) is 7.41. The van der Waals surface area contributed by atoms with E-state index in [-0.39, 0.29) is 12.1 Å². The molecule has 0 unspecified atom stereocenters. The first kappa shape index (κ1) is 22.2. The molecule has 1 aliphatic rings. The van der Waals surface area contributed by atoms with Gasteiger partial charge in [0.25, 0.3) is 0 Å². The lowest BCUT2D eigenvalue weighted by Gasteiger charge is -2.34. The molecule has 5 rings (SSSR count). The van der Waals surface area contributed by atoms with Crippen LogP contribution in [0.5, 0.6) is 11.5 Å². The summed E-state index contributed by atoms with van der Waals surface area (Å²) in [4.78, 5) is 0. The van der Waals surface area contributed by atoms with Gasteiger partial charge in [-0.3, -0.25) is 0 Å². The molecular formula is C30H30N2O2. The molecule has 172 valence electrons. The molecule has 1 aliphatic heterocycles. The largest absolute Gasteiger partial charge is 0.489 e. The number of hydrogen-bond acceptors (Lipinski definition) is 4. The maximum atomic E-state index is 6.09. The predicted molar refractivity (Wildman–Crippen MR) is 136 cm³/mol. The van der Waals surface area contributed by atoms with Crippen molar-refractivity contribution in [1.82, 2.24) is 10.6 Å². The fraction of sp³-hybridized carbons (Fsp3) is 0.200. The first-order valence-electron chi connectivity index (χ1n) is 11.9. The summed E-state index contributed by atoms with van der Waals surface area (Å²) in [5.74, 6) is 1.76. The number of benzene rings is 4. The Morgan fingerprint density at radius 2 is 0.971 bits per heavy atom. The number of piperazine rings is 1. The van der Waals surface area contributed by atoms with Crippen LogP contribution in [-0.4, -0.2) is 13.1 Å². The SMILES string of the molecule is c1ccc(COc2cccc([C@H]3NCCN[C@@H]3c3cccc(OCc4ccccc4)c3)c2)cc1. The van der Waals surface area contributed by atoms with Crippen LogP contribution in [0.25, 0.3) is 0 Å². The van der Waals surface area contributed by atoms with Gasteiger partial charge in [-0.2, -0.15) is 0 Å². The maximum Gasteiger partial charge on any atom is 0.120 e. The normalized spacial score (nSPS) is 17.8. The van der Waals surface area contributed by atoms with Crippen LogP contribution in [0.4, 0.5) is 0 Å². The van der Waals surface area contributed by atoms with Crippen LogP contribution in [0.1, 0.15) is 34.3 Å². The van der Waals surface area contributed by atoms with Crippen molar-refractivity contribution in [2.24, 2.45) is 0 Å². The Morgan fingerprint density at radius 3 is 1.41 bits per heavy atom. The first-order chi connectivity index (χ1) is 16.8. The van der Waals surface area contributed by atoms with E-state index in [1.54, 1.807) is 0 Å². The van der Waals surface area contributed by atoms with Crippen LogP contribution >= 0.6 is 0 Å². The minimum absolute atomic E-state index is 0.137. The zero-order chi connectivity index (χ0) is 23.0. The van der Waals surface area contributed by atoms with Crippen LogP contribution in [0.3, 0.4) is 0 Å². The highest BCUT2D eigenvalue weighted by molar-refractivity contribution is 5.37. The summed E-state index contributed by atoms with van der Waals surface area (Å²) in [5.41, 5.74) is 4.74. The Labute approximate surface area is 201 Å². The average Bonchev–Trinajstić information content (AvgIpc) is 2.92. The van der Waals surface area contributed by atoms with Gasteiger partial charge < -0.3 is 20.1 Å². The third-order valence-corrected chi connectivity index (χ3v) is 6.12. The van der Waals surface area contributed by atoms with Gasteiger partial charge in [0.2, 0.25) is 0 Å². The zero-order valence-electron chi connectivity index (χ0n) is 19.2. The van der Waals surface area contributed by atoms with Gasteiger partial charge in [0.1, 0.15) is 24.7 Å². The molecule has 0 bridgehead atoms. The summed E-state index contributed by atoms with van der Waals surface area (Å²) in [6, 6.07) is 37.6. The van der Waals surface area contributed by atoms with E-state index in [0.717, 1.165) is 35.7 Å². The van der Waals surface area contributed by atoms with Crippen LogP contribution in [-0.2, 0) is 13.2 Å². The van der Waals surface area contributed by atoms with Crippen molar-refractivity contribution in [1.29, 1.82) is 0 Å². The second-order valence-electron chi connectivity index (χ2n) is 8.56. The van der Waals surface area contributed by atoms with Gasteiger partial charge in [-0.1, -0.05) is 84.9 Å². The van der Waals surface area contributed by atoms with Crippen molar-refractivity contribution in [3.63, 3.8) is 0 Å². The van der Waals surface area contributed by atoms with Crippen molar-refractivity contribution in [3.05, 3.63) is 131 Å². The molecule has 1 fully saturated rings. The Morgan fingerprint density at radius 1 is 0.529 bits per heavy atom. The van der Waals surface area contributed by atoms with Crippen molar-refractivity contribution in [3.8, 4) is 11.5 Å². The Hall–Kier alpha value is -3.60. The molecular weight excluding hydrogens is 420 g/mol. The molecule has 2 atom stereocenters. The van der Waals surface area contributed by atoms with E-state index in [9.17, 15) is 0 Å². The fourth-order valence-corrected chi connectivity index (χ4v) is 4.39. The number of nitrogens with one attached hydrogen (secondary N) is 2. The van der Waals surface area contributed by atoms with Gasteiger partial charge in [0.15, 0.2) is 0 Å². The second-order valence-corrected chi connectivity index (χ2v) is 8.56. The Kier molecular flexibility index (Phi) is 7.19. The minimum Gasteiger partial charge on any atom is -0.489 e. The lowest BCUT2D eigenvalue weighted by Crippen LogP contribution is -2.45. The van der Waals surface area contributed by atoms with E-state index in [2.05, 4.69) is 71.3 Å². The molecule has 4 aromatic rings. The predicted octanol–water partition coefficient (Wildman–Crippen LogP) is 5.82. The van der Waals surface area contributed by atoms with Crippen molar-refractivity contribution in [2.45, 2.75) is 25.3 Å². The highest BCUT2D eigenvalue weighted by atomic mass is 16.5. The smallest absolute Gasteiger partial charge is 0.120 e. The first-order valence-corrected chi connectivity index (χ1v) is 11.9. The molecule has 0 saturated carbocycles. The lowest BCUT2D eigenvalue weighted by molar-refractivity contribution is 0.299. The Balaban J connectivity index is 1.30. The number of hydrogen-bond donors (Lipinski definition) is 2. The number of ether oxygens (including phenoxy) is 2. The summed E-state index contributed by atoms with van der Waals surface area (Å²) >= 11 is 0. The van der Waals surface area contributed by atoms with Gasteiger partial charge in [-0.25, -0.2) is 0 Å². The van der Waals surface area contributed by atoms with Crippen LogP contribution in [0.2, 0.25) is 0 Å². The van der Waals surface area contributed by atoms with Gasteiger partial charge >= 0.3 is 0 Å². The standard InChI is InChI=1S/C30H30N2O2/c1-3-9-23(10-4-1)21-33-27-15-7-13-25(19-27)29-30(32-18-17-31-29)26-14-8-16-28(20-26)34-22-24-11-5-2-6-12-24/h1-16,19-20,29-32H,17-18,21-22H2/t29-,30-/m1/s1. The quantitative estimate of drug-likeness (QED) is 0.355. The number of rotatable bonds is 8. The summed E-state index contributed by atoms with van der Waals surface area (Å²) in [6.45, 7) is 2.96. The molecule has 0 spiro atoms. The molecule has 4 nitrogen and oxygen atoms in total. The molecule has 0 amide bonds. The van der Waals surface area contributed by atoms with E-state index in [1.165, 1.54) is 11.1 Å². The van der Waals surface area contributed by atoms with E-state index in [4.69, 9.17) is 9.47 Å². The topological polar surface area (TPSA) is 42.5 Å². The summed E-state index contributed by atoms with van der Waals surface area (Å²) in [7, 11) is 0. The van der Waals surface area contributed by atoms with Gasteiger partial charge in [0, 0.05) is 13.1 Å². The van der Waals surface area contributed by atoms with E-state index >= 15 is 0 Å². The lowest BCUT2D eigenvalue weighted by atomic mass is 9.91. The molecule has 2 N–H and O–H groups in total. The molecule has 1 saturated heterocycles.